The first-order valence-electron chi connectivity index (χ1n) is 6.94. The minimum absolute atomic E-state index is 0.162. The molecule has 1 saturated heterocycles. The Morgan fingerprint density at radius 3 is 2.29 bits per heavy atom. The molecule has 2 N–H and O–H groups in total. The average molecular weight is 240 g/mol. The maximum Gasteiger partial charge on any atom is 0.224 e. The predicted molar refractivity (Wildman–Crippen MR) is 71.7 cm³/mol. The Hall–Kier alpha value is -0.570. The molecule has 3 nitrogen and oxygen atoms in total. The van der Waals surface area contributed by atoms with Crippen LogP contribution in [0.25, 0.3) is 0 Å². The van der Waals surface area contributed by atoms with Gasteiger partial charge in [0.25, 0.3) is 0 Å². The molecule has 1 fully saturated rings. The summed E-state index contributed by atoms with van der Waals surface area (Å²) in [6.07, 6.45) is 0.973. The molecule has 0 spiro atoms. The fraction of sp³-hybridized carbons (Fsp3) is 0.929. The highest BCUT2D eigenvalue weighted by atomic mass is 16.1. The lowest BCUT2D eigenvalue weighted by atomic mass is 9.85. The minimum atomic E-state index is 0.162. The number of rotatable bonds is 5. The third-order valence-corrected chi connectivity index (χ3v) is 4.09. The van der Waals surface area contributed by atoms with Crippen LogP contribution < -0.4 is 10.6 Å². The molecule has 1 aliphatic heterocycles. The first-order valence-corrected chi connectivity index (χ1v) is 6.94. The van der Waals surface area contributed by atoms with E-state index in [2.05, 4.69) is 45.3 Å². The number of nitrogens with one attached hydrogen (secondary N) is 2. The molecule has 0 saturated carbocycles. The number of carbonyl (C=O) groups is 1. The summed E-state index contributed by atoms with van der Waals surface area (Å²) >= 11 is 0. The number of hydrogen-bond acceptors (Lipinski definition) is 2. The lowest BCUT2D eigenvalue weighted by Crippen LogP contribution is -2.40. The Balaban J connectivity index is 2.41. The molecule has 100 valence electrons. The number of carbonyl (C=O) groups excluding carboxylic acids is 1. The summed E-state index contributed by atoms with van der Waals surface area (Å²) in [5.74, 6) is 2.20. The van der Waals surface area contributed by atoms with Crippen LogP contribution in [0.5, 0.6) is 0 Å². The Labute approximate surface area is 106 Å². The van der Waals surface area contributed by atoms with Crippen molar-refractivity contribution in [1.82, 2.24) is 10.6 Å². The second-order valence-electron chi connectivity index (χ2n) is 6.04. The van der Waals surface area contributed by atoms with Gasteiger partial charge in [0.1, 0.15) is 0 Å². The van der Waals surface area contributed by atoms with Gasteiger partial charge in [0, 0.05) is 12.6 Å². The predicted octanol–water partition coefficient (Wildman–Crippen LogP) is 2.03. The SMILES string of the molecule is CC(C)C(CNC(=O)C1CCNC1C)C(C)C. The van der Waals surface area contributed by atoms with E-state index in [9.17, 15) is 4.79 Å². The van der Waals surface area contributed by atoms with Crippen molar-refractivity contribution in [3.8, 4) is 0 Å². The fourth-order valence-electron chi connectivity index (χ4n) is 2.81. The van der Waals surface area contributed by atoms with Crippen molar-refractivity contribution < 1.29 is 4.79 Å². The van der Waals surface area contributed by atoms with Gasteiger partial charge in [0.15, 0.2) is 0 Å². The van der Waals surface area contributed by atoms with Crippen LogP contribution in [-0.4, -0.2) is 25.0 Å². The topological polar surface area (TPSA) is 41.1 Å². The second-order valence-corrected chi connectivity index (χ2v) is 6.04. The van der Waals surface area contributed by atoms with E-state index in [1.807, 2.05) is 0 Å². The fourth-order valence-corrected chi connectivity index (χ4v) is 2.81. The molecule has 1 heterocycles. The van der Waals surface area contributed by atoms with Crippen molar-refractivity contribution in [2.75, 3.05) is 13.1 Å². The van der Waals surface area contributed by atoms with E-state index in [-0.39, 0.29) is 11.8 Å². The summed E-state index contributed by atoms with van der Waals surface area (Å²) in [7, 11) is 0. The number of hydrogen-bond donors (Lipinski definition) is 2. The van der Waals surface area contributed by atoms with Gasteiger partial charge < -0.3 is 10.6 Å². The Morgan fingerprint density at radius 1 is 1.29 bits per heavy atom. The van der Waals surface area contributed by atoms with Crippen LogP contribution >= 0.6 is 0 Å². The van der Waals surface area contributed by atoms with Gasteiger partial charge in [-0.3, -0.25) is 4.79 Å². The van der Waals surface area contributed by atoms with Gasteiger partial charge in [-0.2, -0.15) is 0 Å². The largest absolute Gasteiger partial charge is 0.356 e. The highest BCUT2D eigenvalue weighted by molar-refractivity contribution is 5.79. The van der Waals surface area contributed by atoms with E-state index >= 15 is 0 Å². The van der Waals surface area contributed by atoms with E-state index in [1.165, 1.54) is 0 Å². The van der Waals surface area contributed by atoms with E-state index in [0.29, 0.717) is 23.8 Å². The molecule has 0 aromatic heterocycles. The molecule has 0 bridgehead atoms. The third kappa shape index (κ3) is 3.98. The summed E-state index contributed by atoms with van der Waals surface area (Å²) in [5.41, 5.74) is 0. The monoisotopic (exact) mass is 240 g/mol. The van der Waals surface area contributed by atoms with Crippen molar-refractivity contribution in [1.29, 1.82) is 0 Å². The zero-order chi connectivity index (χ0) is 13.0. The molecule has 0 aromatic carbocycles. The summed E-state index contributed by atoms with van der Waals surface area (Å²) in [5, 5.41) is 6.46. The van der Waals surface area contributed by atoms with Crippen LogP contribution in [0.3, 0.4) is 0 Å². The van der Waals surface area contributed by atoms with Crippen LogP contribution in [0.2, 0.25) is 0 Å². The van der Waals surface area contributed by atoms with Gasteiger partial charge in [0.05, 0.1) is 5.92 Å². The molecule has 1 aliphatic rings. The van der Waals surface area contributed by atoms with Gasteiger partial charge in [-0.25, -0.2) is 0 Å². The number of amides is 1. The normalized spacial score (nSPS) is 24.9. The Morgan fingerprint density at radius 2 is 1.88 bits per heavy atom. The average Bonchev–Trinajstić information content (AvgIpc) is 2.63. The van der Waals surface area contributed by atoms with E-state index in [1.54, 1.807) is 0 Å². The molecular weight excluding hydrogens is 212 g/mol. The standard InChI is InChI=1S/C14H28N2O/c1-9(2)13(10(3)4)8-16-14(17)12-6-7-15-11(12)5/h9-13,15H,6-8H2,1-5H3,(H,16,17). The summed E-state index contributed by atoms with van der Waals surface area (Å²) < 4.78 is 0. The molecule has 2 atom stereocenters. The zero-order valence-electron chi connectivity index (χ0n) is 11.9. The quantitative estimate of drug-likeness (QED) is 0.772. The van der Waals surface area contributed by atoms with Crippen LogP contribution in [0, 0.1) is 23.7 Å². The van der Waals surface area contributed by atoms with Crippen LogP contribution in [-0.2, 0) is 4.79 Å². The lowest BCUT2D eigenvalue weighted by molar-refractivity contribution is -0.125. The summed E-state index contributed by atoms with van der Waals surface area (Å²) in [6.45, 7) is 12.8. The third-order valence-electron chi connectivity index (χ3n) is 4.09. The van der Waals surface area contributed by atoms with Gasteiger partial charge in [0.2, 0.25) is 5.91 Å². The summed E-state index contributed by atoms with van der Waals surface area (Å²) in [4.78, 5) is 12.1. The molecule has 2 unspecified atom stereocenters. The molecule has 0 aromatic rings. The van der Waals surface area contributed by atoms with Crippen molar-refractivity contribution in [3.63, 3.8) is 0 Å². The van der Waals surface area contributed by atoms with Crippen LogP contribution in [0.1, 0.15) is 41.0 Å². The first-order chi connectivity index (χ1) is 7.93. The molecular formula is C14H28N2O. The highest BCUT2D eigenvalue weighted by Crippen LogP contribution is 2.20. The second kappa shape index (κ2) is 6.39. The molecule has 1 amide bonds. The smallest absolute Gasteiger partial charge is 0.224 e. The molecule has 17 heavy (non-hydrogen) atoms. The maximum absolute atomic E-state index is 12.1. The molecule has 0 radical (unpaired) electrons. The summed E-state index contributed by atoms with van der Waals surface area (Å²) in [6, 6.07) is 0.326. The van der Waals surface area contributed by atoms with Crippen LogP contribution in [0.15, 0.2) is 0 Å². The highest BCUT2D eigenvalue weighted by Gasteiger charge is 2.29. The van der Waals surface area contributed by atoms with E-state index < -0.39 is 0 Å². The van der Waals surface area contributed by atoms with Gasteiger partial charge in [-0.05, 0) is 37.6 Å². The Kier molecular flexibility index (Phi) is 5.44. The van der Waals surface area contributed by atoms with Gasteiger partial charge in [-0.1, -0.05) is 27.7 Å². The molecule has 0 aliphatic carbocycles. The van der Waals surface area contributed by atoms with Gasteiger partial charge >= 0.3 is 0 Å². The van der Waals surface area contributed by atoms with Crippen molar-refractivity contribution in [2.24, 2.45) is 23.7 Å². The van der Waals surface area contributed by atoms with E-state index in [0.717, 1.165) is 19.5 Å². The van der Waals surface area contributed by atoms with Crippen molar-refractivity contribution >= 4 is 5.91 Å². The van der Waals surface area contributed by atoms with Crippen molar-refractivity contribution in [2.45, 2.75) is 47.1 Å². The van der Waals surface area contributed by atoms with Crippen molar-refractivity contribution in [3.05, 3.63) is 0 Å². The first kappa shape index (κ1) is 14.5. The van der Waals surface area contributed by atoms with Crippen LogP contribution in [0.4, 0.5) is 0 Å². The maximum atomic E-state index is 12.1. The zero-order valence-corrected chi connectivity index (χ0v) is 11.9. The van der Waals surface area contributed by atoms with E-state index in [4.69, 9.17) is 0 Å². The molecule has 3 heteroatoms. The molecule has 1 rings (SSSR count). The van der Waals surface area contributed by atoms with Gasteiger partial charge in [-0.15, -0.1) is 0 Å². The lowest BCUT2D eigenvalue weighted by Gasteiger charge is -2.26. The minimum Gasteiger partial charge on any atom is -0.356 e. The Bertz CT molecular complexity index is 243.